The van der Waals surface area contributed by atoms with Crippen LogP contribution in [0.15, 0.2) is 21.3 Å². The lowest BCUT2D eigenvalue weighted by Crippen LogP contribution is -2.25. The Morgan fingerprint density at radius 2 is 1.39 bits per heavy atom. The van der Waals surface area contributed by atoms with E-state index in [-0.39, 0.29) is 6.04 Å². The first-order chi connectivity index (χ1) is 10.7. The van der Waals surface area contributed by atoms with Gasteiger partial charge in [-0.2, -0.15) is 0 Å². The van der Waals surface area contributed by atoms with Crippen molar-refractivity contribution in [3.63, 3.8) is 0 Å². The summed E-state index contributed by atoms with van der Waals surface area (Å²) in [6.07, 6.45) is 7.12. The summed E-state index contributed by atoms with van der Waals surface area (Å²) < 4.78 is 18.0. The molecule has 0 amide bonds. The Labute approximate surface area is 144 Å². The lowest BCUT2D eigenvalue weighted by atomic mass is 10.3. The van der Waals surface area contributed by atoms with Gasteiger partial charge in [-0.1, -0.05) is 6.08 Å². The molecule has 0 aromatic heterocycles. The molecular weight excluding hydrogens is 328 g/mol. The maximum Gasteiger partial charge on any atom is 0.168 e. The van der Waals surface area contributed by atoms with Gasteiger partial charge >= 0.3 is 0 Å². The molecule has 0 bridgehead atoms. The normalized spacial score (nSPS) is 19.6. The number of allylic oxidation sites excluding steroid dienone is 1. The van der Waals surface area contributed by atoms with E-state index >= 15 is 0 Å². The van der Waals surface area contributed by atoms with Crippen LogP contribution in [-0.4, -0.2) is 93.5 Å². The van der Waals surface area contributed by atoms with Gasteiger partial charge < -0.3 is 5.32 Å². The van der Waals surface area contributed by atoms with Gasteiger partial charge in [-0.3, -0.25) is 18.7 Å². The van der Waals surface area contributed by atoms with Crippen LogP contribution in [0, 0.1) is 0 Å². The van der Waals surface area contributed by atoms with Crippen molar-refractivity contribution in [1.82, 2.24) is 24.0 Å². The van der Waals surface area contributed by atoms with Crippen LogP contribution >= 0.6 is 16.7 Å². The van der Waals surface area contributed by atoms with Gasteiger partial charge in [0.1, 0.15) is 0 Å². The fourth-order valence-electron chi connectivity index (χ4n) is 2.16. The molecule has 0 aromatic carbocycles. The molecule has 1 aliphatic rings. The van der Waals surface area contributed by atoms with Gasteiger partial charge in [0.15, 0.2) is 16.7 Å². The van der Waals surface area contributed by atoms with E-state index in [1.54, 1.807) is 0 Å². The molecule has 1 aliphatic heterocycles. The summed E-state index contributed by atoms with van der Waals surface area (Å²) in [7, 11) is 15.2. The van der Waals surface area contributed by atoms with Crippen molar-refractivity contribution in [2.45, 2.75) is 12.5 Å². The lowest BCUT2D eigenvalue weighted by molar-refractivity contribution is 0.574. The van der Waals surface area contributed by atoms with Crippen molar-refractivity contribution in [2.24, 2.45) is 9.53 Å². The number of rotatable bonds is 8. The van der Waals surface area contributed by atoms with Gasteiger partial charge in [0.05, 0.1) is 12.3 Å². The van der Waals surface area contributed by atoms with Gasteiger partial charge in [-0.25, -0.2) is 9.53 Å². The summed E-state index contributed by atoms with van der Waals surface area (Å²) in [6.45, 7) is 0. The topological polar surface area (TPSA) is 49.7 Å². The van der Waals surface area contributed by atoms with E-state index in [4.69, 9.17) is 9.53 Å². The van der Waals surface area contributed by atoms with E-state index < -0.39 is 16.7 Å². The van der Waals surface area contributed by atoms with Gasteiger partial charge in [0, 0.05) is 11.9 Å². The standard InChI is InChI=1S/C14H31N7P2/c1-18(2)22(19(3)4)15-11-13-9-10-14(17-13)12-16-23(20(5)6)21(7)8/h9,11-12,14,17H,10H2,1-8H3/b15-11+,16-12+. The largest absolute Gasteiger partial charge is 0.376 e. The zero-order valence-electron chi connectivity index (χ0n) is 15.6. The zero-order chi connectivity index (χ0) is 17.6. The van der Waals surface area contributed by atoms with Crippen molar-refractivity contribution in [3.05, 3.63) is 11.8 Å². The summed E-state index contributed by atoms with van der Waals surface area (Å²) in [6, 6.07) is 0.256. The van der Waals surface area contributed by atoms with Crippen LogP contribution in [0.1, 0.15) is 6.42 Å². The summed E-state index contributed by atoms with van der Waals surface area (Å²) in [4.78, 5) is 0. The molecule has 0 fully saturated rings. The van der Waals surface area contributed by atoms with E-state index in [9.17, 15) is 0 Å². The van der Waals surface area contributed by atoms with Crippen molar-refractivity contribution in [2.75, 3.05) is 56.4 Å². The Bertz CT molecular complexity index is 430. The van der Waals surface area contributed by atoms with Gasteiger partial charge in [0.2, 0.25) is 0 Å². The fourth-order valence-corrected chi connectivity index (χ4v) is 4.92. The highest BCUT2D eigenvalue weighted by Crippen LogP contribution is 2.41. The van der Waals surface area contributed by atoms with Crippen LogP contribution in [0.2, 0.25) is 0 Å². The van der Waals surface area contributed by atoms with Crippen LogP contribution in [0.25, 0.3) is 0 Å². The highest BCUT2D eigenvalue weighted by molar-refractivity contribution is 7.51. The van der Waals surface area contributed by atoms with E-state index in [1.807, 2.05) is 12.4 Å². The number of nitrogens with one attached hydrogen (secondary N) is 1. The van der Waals surface area contributed by atoms with Crippen LogP contribution in [-0.2, 0) is 0 Å². The minimum absolute atomic E-state index is 0.256. The maximum absolute atomic E-state index is 4.73. The predicted molar refractivity (Wildman–Crippen MR) is 105 cm³/mol. The molecule has 1 rings (SSSR count). The van der Waals surface area contributed by atoms with Crippen LogP contribution < -0.4 is 5.32 Å². The van der Waals surface area contributed by atoms with Crippen LogP contribution in [0.3, 0.4) is 0 Å². The molecule has 132 valence electrons. The SMILES string of the molecule is CN(C)P(/N=C/C1=CCC(/C=N/P(N(C)C)N(C)C)N1)N(C)C. The van der Waals surface area contributed by atoms with Gasteiger partial charge in [-0.15, -0.1) is 0 Å². The molecule has 0 saturated heterocycles. The molecule has 0 aromatic rings. The molecule has 1 N–H and O–H groups in total. The minimum atomic E-state index is -0.633. The van der Waals surface area contributed by atoms with Crippen molar-refractivity contribution >= 4 is 29.2 Å². The Hall–Kier alpha value is -0.420. The maximum atomic E-state index is 4.73. The van der Waals surface area contributed by atoms with Crippen molar-refractivity contribution < 1.29 is 0 Å². The molecule has 7 nitrogen and oxygen atoms in total. The van der Waals surface area contributed by atoms with E-state index in [0.717, 1.165) is 12.1 Å². The van der Waals surface area contributed by atoms with Gasteiger partial charge in [-0.05, 0) is 62.8 Å². The molecule has 23 heavy (non-hydrogen) atoms. The molecule has 0 aliphatic carbocycles. The summed E-state index contributed by atoms with van der Waals surface area (Å²) in [5, 5.41) is 3.47. The molecule has 0 radical (unpaired) electrons. The van der Waals surface area contributed by atoms with Crippen molar-refractivity contribution in [3.8, 4) is 0 Å². The lowest BCUT2D eigenvalue weighted by Gasteiger charge is -2.25. The first-order valence-corrected chi connectivity index (χ1v) is 9.96. The highest BCUT2D eigenvalue weighted by Gasteiger charge is 2.17. The second-order valence-corrected chi connectivity index (χ2v) is 10.8. The van der Waals surface area contributed by atoms with Crippen molar-refractivity contribution in [1.29, 1.82) is 0 Å². The molecule has 0 saturated carbocycles. The molecule has 0 spiro atoms. The Kier molecular flexibility index (Phi) is 8.76. The summed E-state index contributed by atoms with van der Waals surface area (Å²) in [5.74, 6) is 0. The minimum Gasteiger partial charge on any atom is -0.376 e. The van der Waals surface area contributed by atoms with E-state index in [2.05, 4.69) is 86.5 Å². The highest BCUT2D eigenvalue weighted by atomic mass is 31.2. The average Bonchev–Trinajstić information content (AvgIpc) is 2.85. The van der Waals surface area contributed by atoms with Gasteiger partial charge in [0.25, 0.3) is 0 Å². The number of nitrogens with zero attached hydrogens (tertiary/aromatic N) is 6. The molecular formula is C14H31N7P2. The summed E-state index contributed by atoms with van der Waals surface area (Å²) >= 11 is 0. The second kappa shape index (κ2) is 9.77. The predicted octanol–water partition coefficient (Wildman–Crippen LogP) is 2.07. The molecule has 9 heteroatoms. The Balaban J connectivity index is 2.58. The fraction of sp³-hybridized carbons (Fsp3) is 0.714. The molecule has 1 unspecified atom stereocenters. The van der Waals surface area contributed by atoms with E-state index in [1.165, 1.54) is 0 Å². The molecule has 1 atom stereocenters. The first kappa shape index (κ1) is 20.6. The molecule has 1 heterocycles. The third kappa shape index (κ3) is 6.92. The van der Waals surface area contributed by atoms with Crippen LogP contribution in [0.5, 0.6) is 0 Å². The third-order valence-electron chi connectivity index (χ3n) is 3.02. The second-order valence-electron chi connectivity index (χ2n) is 6.08. The smallest absolute Gasteiger partial charge is 0.168 e. The Morgan fingerprint density at radius 1 is 0.913 bits per heavy atom. The zero-order valence-corrected chi connectivity index (χ0v) is 17.4. The van der Waals surface area contributed by atoms with E-state index in [0.29, 0.717) is 0 Å². The average molecular weight is 359 g/mol. The number of hydrogen-bond acceptors (Lipinski definition) is 7. The van der Waals surface area contributed by atoms with Crippen LogP contribution in [0.4, 0.5) is 0 Å². The quantitative estimate of drug-likeness (QED) is 0.531. The third-order valence-corrected chi connectivity index (χ3v) is 6.55. The number of hydrogen-bond donors (Lipinski definition) is 1. The summed E-state index contributed by atoms with van der Waals surface area (Å²) in [5.41, 5.74) is 1.08. The monoisotopic (exact) mass is 359 g/mol. The Morgan fingerprint density at radius 3 is 1.87 bits per heavy atom. The first-order valence-electron chi connectivity index (χ1n) is 7.56.